The summed E-state index contributed by atoms with van der Waals surface area (Å²) >= 11 is 0. The Hall–Kier alpha value is -1.84. The number of hydrogen-bond donors (Lipinski definition) is 0. The van der Waals surface area contributed by atoms with Crippen molar-refractivity contribution in [3.8, 4) is 11.4 Å². The lowest BCUT2D eigenvalue weighted by Gasteiger charge is -2.00. The fourth-order valence-corrected chi connectivity index (χ4v) is 1.08. The van der Waals surface area contributed by atoms with Crippen LogP contribution in [0.25, 0.3) is 11.4 Å². The minimum absolute atomic E-state index is 0.338. The standard InChI is InChI=1S/C10H8FN3.C2H6/c1-7-9(11)5-8(6-14-7)10-12-3-2-4-13-10;1-2/h2-6H,1H3;1-2H3. The Morgan fingerprint density at radius 2 is 1.69 bits per heavy atom. The van der Waals surface area contributed by atoms with Crippen molar-refractivity contribution >= 4 is 0 Å². The molecule has 0 atom stereocenters. The van der Waals surface area contributed by atoms with Gasteiger partial charge in [-0.1, -0.05) is 13.8 Å². The molecule has 0 radical (unpaired) electrons. The molecule has 0 spiro atoms. The van der Waals surface area contributed by atoms with Crippen molar-refractivity contribution < 1.29 is 4.39 Å². The molecule has 0 fully saturated rings. The van der Waals surface area contributed by atoms with E-state index < -0.39 is 0 Å². The predicted molar refractivity (Wildman–Crippen MR) is 61.3 cm³/mol. The van der Waals surface area contributed by atoms with E-state index in [2.05, 4.69) is 15.0 Å². The molecule has 3 nitrogen and oxygen atoms in total. The summed E-state index contributed by atoms with van der Waals surface area (Å²) in [4.78, 5) is 11.9. The van der Waals surface area contributed by atoms with Gasteiger partial charge in [0.2, 0.25) is 0 Å². The van der Waals surface area contributed by atoms with Gasteiger partial charge < -0.3 is 0 Å². The molecule has 2 aromatic heterocycles. The van der Waals surface area contributed by atoms with Crippen LogP contribution >= 0.6 is 0 Å². The van der Waals surface area contributed by atoms with Gasteiger partial charge in [0.15, 0.2) is 5.82 Å². The van der Waals surface area contributed by atoms with Gasteiger partial charge in [-0.3, -0.25) is 4.98 Å². The SMILES string of the molecule is CC.Cc1ncc(-c2ncccn2)cc1F. The molecule has 0 amide bonds. The van der Waals surface area contributed by atoms with Gasteiger partial charge in [0.05, 0.1) is 5.69 Å². The predicted octanol–water partition coefficient (Wildman–Crippen LogP) is 3.01. The summed E-state index contributed by atoms with van der Waals surface area (Å²) in [6, 6.07) is 3.10. The van der Waals surface area contributed by atoms with E-state index in [0.717, 1.165) is 0 Å². The maximum Gasteiger partial charge on any atom is 0.160 e. The number of pyridine rings is 1. The number of halogens is 1. The van der Waals surface area contributed by atoms with Crippen LogP contribution in [0.5, 0.6) is 0 Å². The summed E-state index contributed by atoms with van der Waals surface area (Å²) in [5.41, 5.74) is 0.971. The van der Waals surface area contributed by atoms with E-state index in [1.807, 2.05) is 13.8 Å². The molecule has 2 rings (SSSR count). The Bertz CT molecular complexity index is 443. The molecule has 0 saturated heterocycles. The van der Waals surface area contributed by atoms with Gasteiger partial charge in [0.1, 0.15) is 5.82 Å². The van der Waals surface area contributed by atoms with Crippen LogP contribution < -0.4 is 0 Å². The number of hydrogen-bond acceptors (Lipinski definition) is 3. The number of aromatic nitrogens is 3. The molecule has 0 N–H and O–H groups in total. The average molecular weight is 219 g/mol. The van der Waals surface area contributed by atoms with Crippen molar-refractivity contribution in [2.24, 2.45) is 0 Å². The first-order valence-corrected chi connectivity index (χ1v) is 5.17. The van der Waals surface area contributed by atoms with Crippen molar-refractivity contribution in [3.05, 3.63) is 42.2 Å². The Labute approximate surface area is 94.4 Å². The molecule has 4 heteroatoms. The lowest BCUT2D eigenvalue weighted by Crippen LogP contribution is -1.92. The third-order valence-electron chi connectivity index (χ3n) is 1.85. The highest BCUT2D eigenvalue weighted by Crippen LogP contribution is 2.14. The molecule has 0 aliphatic carbocycles. The molecule has 0 bridgehead atoms. The molecule has 2 aromatic rings. The molecule has 0 unspecified atom stereocenters. The molecule has 0 aliphatic rings. The molecule has 16 heavy (non-hydrogen) atoms. The zero-order valence-corrected chi connectivity index (χ0v) is 9.61. The maximum absolute atomic E-state index is 13.1. The van der Waals surface area contributed by atoms with E-state index in [-0.39, 0.29) is 5.82 Å². The minimum atomic E-state index is -0.338. The highest BCUT2D eigenvalue weighted by atomic mass is 19.1. The molecule has 2 heterocycles. The Morgan fingerprint density at radius 1 is 1.06 bits per heavy atom. The third-order valence-corrected chi connectivity index (χ3v) is 1.85. The van der Waals surface area contributed by atoms with Crippen molar-refractivity contribution in [1.29, 1.82) is 0 Å². The van der Waals surface area contributed by atoms with Crippen molar-refractivity contribution in [2.45, 2.75) is 20.8 Å². The van der Waals surface area contributed by atoms with Crippen molar-refractivity contribution in [3.63, 3.8) is 0 Å². The topological polar surface area (TPSA) is 38.7 Å². The molecular weight excluding hydrogens is 205 g/mol. The van der Waals surface area contributed by atoms with Gasteiger partial charge in [0.25, 0.3) is 0 Å². The van der Waals surface area contributed by atoms with Crippen LogP contribution in [0.15, 0.2) is 30.7 Å². The second-order valence-electron chi connectivity index (χ2n) is 2.86. The normalized spacial score (nSPS) is 9.25. The van der Waals surface area contributed by atoms with Crippen molar-refractivity contribution in [2.75, 3.05) is 0 Å². The first-order valence-electron chi connectivity index (χ1n) is 5.17. The lowest BCUT2D eigenvalue weighted by atomic mass is 10.2. The smallest absolute Gasteiger partial charge is 0.160 e. The van der Waals surface area contributed by atoms with Crippen LogP contribution in [-0.4, -0.2) is 15.0 Å². The first kappa shape index (κ1) is 12.2. The minimum Gasteiger partial charge on any atom is -0.258 e. The largest absolute Gasteiger partial charge is 0.258 e. The number of rotatable bonds is 1. The summed E-state index contributed by atoms with van der Waals surface area (Å²) in [6.07, 6.45) is 4.79. The Balaban J connectivity index is 0.000000606. The van der Waals surface area contributed by atoms with E-state index in [0.29, 0.717) is 17.1 Å². The molecule has 84 valence electrons. The fraction of sp³-hybridized carbons (Fsp3) is 0.250. The second kappa shape index (κ2) is 5.90. The quantitative estimate of drug-likeness (QED) is 0.740. The van der Waals surface area contributed by atoms with E-state index in [1.54, 1.807) is 31.6 Å². The van der Waals surface area contributed by atoms with Crippen LogP contribution in [0.1, 0.15) is 19.5 Å². The van der Waals surface area contributed by atoms with Crippen LogP contribution in [0.2, 0.25) is 0 Å². The Morgan fingerprint density at radius 3 is 2.25 bits per heavy atom. The van der Waals surface area contributed by atoms with E-state index in [4.69, 9.17) is 0 Å². The zero-order valence-electron chi connectivity index (χ0n) is 9.61. The van der Waals surface area contributed by atoms with Crippen LogP contribution in [0, 0.1) is 12.7 Å². The van der Waals surface area contributed by atoms with Crippen LogP contribution in [-0.2, 0) is 0 Å². The Kier molecular flexibility index (Phi) is 4.51. The molecular formula is C12H14FN3. The van der Waals surface area contributed by atoms with Gasteiger partial charge in [0, 0.05) is 24.2 Å². The summed E-state index contributed by atoms with van der Waals surface area (Å²) in [6.45, 7) is 5.62. The average Bonchev–Trinajstić information content (AvgIpc) is 2.36. The molecule has 0 aromatic carbocycles. The maximum atomic E-state index is 13.1. The summed E-state index contributed by atoms with van der Waals surface area (Å²) < 4.78 is 13.1. The zero-order chi connectivity index (χ0) is 12.0. The number of aryl methyl sites for hydroxylation is 1. The van der Waals surface area contributed by atoms with E-state index >= 15 is 0 Å². The van der Waals surface area contributed by atoms with Crippen LogP contribution in [0.4, 0.5) is 4.39 Å². The summed E-state index contributed by atoms with van der Waals surface area (Å²) in [5, 5.41) is 0. The monoisotopic (exact) mass is 219 g/mol. The molecule has 0 aliphatic heterocycles. The summed E-state index contributed by atoms with van der Waals surface area (Å²) in [5.74, 6) is 0.147. The van der Waals surface area contributed by atoms with Gasteiger partial charge in [-0.2, -0.15) is 0 Å². The summed E-state index contributed by atoms with van der Waals surface area (Å²) in [7, 11) is 0. The van der Waals surface area contributed by atoms with Gasteiger partial charge in [-0.15, -0.1) is 0 Å². The van der Waals surface area contributed by atoms with E-state index in [1.165, 1.54) is 6.07 Å². The van der Waals surface area contributed by atoms with Gasteiger partial charge in [-0.05, 0) is 19.1 Å². The van der Waals surface area contributed by atoms with E-state index in [9.17, 15) is 4.39 Å². The molecule has 0 saturated carbocycles. The highest BCUT2D eigenvalue weighted by molar-refractivity contribution is 5.52. The first-order chi connectivity index (χ1) is 7.77. The van der Waals surface area contributed by atoms with Gasteiger partial charge >= 0.3 is 0 Å². The third kappa shape index (κ3) is 2.82. The van der Waals surface area contributed by atoms with Gasteiger partial charge in [-0.25, -0.2) is 14.4 Å². The second-order valence-corrected chi connectivity index (χ2v) is 2.86. The van der Waals surface area contributed by atoms with Crippen LogP contribution in [0.3, 0.4) is 0 Å². The fourth-order valence-electron chi connectivity index (χ4n) is 1.08. The highest BCUT2D eigenvalue weighted by Gasteiger charge is 2.04. The van der Waals surface area contributed by atoms with Crippen molar-refractivity contribution in [1.82, 2.24) is 15.0 Å². The lowest BCUT2D eigenvalue weighted by molar-refractivity contribution is 0.610. The number of nitrogens with zero attached hydrogens (tertiary/aromatic N) is 3.